The summed E-state index contributed by atoms with van der Waals surface area (Å²) < 4.78 is 22.4. The van der Waals surface area contributed by atoms with Gasteiger partial charge in [-0.05, 0) is 56.3 Å². The predicted octanol–water partition coefficient (Wildman–Crippen LogP) is 3.62. The Balaban J connectivity index is 1.64. The van der Waals surface area contributed by atoms with E-state index in [1.54, 1.807) is 7.11 Å². The summed E-state index contributed by atoms with van der Waals surface area (Å²) in [5.74, 6) is 2.90. The Morgan fingerprint density at radius 2 is 2.04 bits per heavy atom. The van der Waals surface area contributed by atoms with Gasteiger partial charge < -0.3 is 18.9 Å². The molecule has 6 heteroatoms. The summed E-state index contributed by atoms with van der Waals surface area (Å²) in [7, 11) is 3.68. The number of benzene rings is 2. The van der Waals surface area contributed by atoms with Crippen LogP contribution in [0.15, 0.2) is 30.3 Å². The molecule has 0 spiro atoms. The van der Waals surface area contributed by atoms with Crippen molar-refractivity contribution in [3.63, 3.8) is 0 Å². The number of nitrogens with zero attached hydrogens (tertiary/aromatic N) is 1. The highest BCUT2D eigenvalue weighted by atomic mass is 16.7. The molecular weight excluding hydrogens is 358 g/mol. The molecule has 0 saturated heterocycles. The average molecular weight is 383 g/mol. The molecule has 6 nitrogen and oxygen atoms in total. The molecule has 28 heavy (non-hydrogen) atoms. The number of hydrogen-bond donors (Lipinski definition) is 0. The lowest BCUT2D eigenvalue weighted by Gasteiger charge is -2.35. The summed E-state index contributed by atoms with van der Waals surface area (Å²) in [5.41, 5.74) is 2.87. The first-order chi connectivity index (χ1) is 13.6. The topological polar surface area (TPSA) is 57.2 Å². The molecule has 4 rings (SSSR count). The zero-order valence-corrected chi connectivity index (χ0v) is 16.5. The Labute approximate surface area is 165 Å². The van der Waals surface area contributed by atoms with Crippen LogP contribution in [0.25, 0.3) is 0 Å². The van der Waals surface area contributed by atoms with Crippen LogP contribution in [-0.2, 0) is 6.42 Å². The van der Waals surface area contributed by atoms with Gasteiger partial charge in [-0.2, -0.15) is 0 Å². The second-order valence-corrected chi connectivity index (χ2v) is 7.05. The Bertz CT molecular complexity index is 877. The molecule has 0 fully saturated rings. The van der Waals surface area contributed by atoms with E-state index in [4.69, 9.17) is 18.9 Å². The van der Waals surface area contributed by atoms with Gasteiger partial charge in [0.15, 0.2) is 17.3 Å². The van der Waals surface area contributed by atoms with E-state index < -0.39 is 0 Å². The molecule has 0 bridgehead atoms. The first-order valence-corrected chi connectivity index (χ1v) is 9.58. The largest absolute Gasteiger partial charge is 0.494 e. The van der Waals surface area contributed by atoms with Gasteiger partial charge in [0.1, 0.15) is 5.75 Å². The summed E-state index contributed by atoms with van der Waals surface area (Å²) in [6.07, 6.45) is 1.25. The van der Waals surface area contributed by atoms with Crippen LogP contribution in [0.3, 0.4) is 0 Å². The molecule has 2 aromatic rings. The van der Waals surface area contributed by atoms with E-state index in [0.717, 1.165) is 35.6 Å². The van der Waals surface area contributed by atoms with Crippen molar-refractivity contribution in [2.45, 2.75) is 25.8 Å². The summed E-state index contributed by atoms with van der Waals surface area (Å²) in [4.78, 5) is 15.2. The third kappa shape index (κ3) is 3.29. The van der Waals surface area contributed by atoms with Crippen molar-refractivity contribution in [2.24, 2.45) is 0 Å². The van der Waals surface area contributed by atoms with E-state index in [2.05, 4.69) is 4.90 Å². The number of hydrogen-bond acceptors (Lipinski definition) is 6. The molecule has 2 aliphatic rings. The van der Waals surface area contributed by atoms with Crippen LogP contribution in [0.4, 0.5) is 0 Å². The fraction of sp³-hybridized carbons (Fsp3) is 0.409. The van der Waals surface area contributed by atoms with Crippen LogP contribution in [0, 0.1) is 0 Å². The number of ketones is 1. The smallest absolute Gasteiger partial charge is 0.231 e. The molecule has 0 aromatic heterocycles. The lowest BCUT2D eigenvalue weighted by Crippen LogP contribution is -2.34. The van der Waals surface area contributed by atoms with Gasteiger partial charge in [0, 0.05) is 30.1 Å². The first kappa shape index (κ1) is 18.6. The van der Waals surface area contributed by atoms with Crippen LogP contribution in [0.2, 0.25) is 0 Å². The van der Waals surface area contributed by atoms with Gasteiger partial charge in [-0.1, -0.05) is 0 Å². The van der Waals surface area contributed by atoms with Crippen LogP contribution in [-0.4, -0.2) is 44.8 Å². The number of ether oxygens (including phenoxy) is 4. The number of likely N-dealkylation sites (N-methyl/N-ethyl adjacent to an activating group) is 1. The minimum atomic E-state index is -0.0766. The third-order valence-electron chi connectivity index (χ3n) is 5.41. The highest BCUT2D eigenvalue weighted by Gasteiger charge is 2.35. The molecule has 0 radical (unpaired) electrons. The van der Waals surface area contributed by atoms with Gasteiger partial charge >= 0.3 is 0 Å². The minimum absolute atomic E-state index is 0.0766. The average Bonchev–Trinajstić information content (AvgIpc) is 3.17. The summed E-state index contributed by atoms with van der Waals surface area (Å²) in [6, 6.07) is 9.29. The number of methoxy groups -OCH3 is 1. The van der Waals surface area contributed by atoms with E-state index in [1.165, 1.54) is 0 Å². The Morgan fingerprint density at radius 3 is 2.75 bits per heavy atom. The quantitative estimate of drug-likeness (QED) is 0.710. The van der Waals surface area contributed by atoms with Crippen LogP contribution < -0.4 is 18.9 Å². The van der Waals surface area contributed by atoms with Crippen molar-refractivity contribution in [1.29, 1.82) is 0 Å². The molecular formula is C22H25NO5. The Morgan fingerprint density at radius 1 is 1.25 bits per heavy atom. The molecule has 2 heterocycles. The second kappa shape index (κ2) is 7.72. The number of carbonyl (C=O) groups is 1. The van der Waals surface area contributed by atoms with Gasteiger partial charge in [-0.3, -0.25) is 9.69 Å². The van der Waals surface area contributed by atoms with Crippen molar-refractivity contribution in [2.75, 3.05) is 34.1 Å². The number of rotatable bonds is 6. The number of Topliss-reactive ketones (excluding diaryl/α,β-unsaturated/α-hetero) is 1. The van der Waals surface area contributed by atoms with Gasteiger partial charge in [0.2, 0.25) is 12.5 Å². The van der Waals surface area contributed by atoms with Crippen molar-refractivity contribution < 1.29 is 23.7 Å². The van der Waals surface area contributed by atoms with Gasteiger partial charge in [0.05, 0.1) is 13.7 Å². The highest BCUT2D eigenvalue weighted by Crippen LogP contribution is 2.50. The minimum Gasteiger partial charge on any atom is -0.494 e. The maximum Gasteiger partial charge on any atom is 0.231 e. The molecule has 0 unspecified atom stereocenters. The van der Waals surface area contributed by atoms with E-state index in [1.807, 2.05) is 44.3 Å². The maximum atomic E-state index is 13.0. The molecule has 2 aliphatic heterocycles. The predicted molar refractivity (Wildman–Crippen MR) is 105 cm³/mol. The van der Waals surface area contributed by atoms with Crippen LogP contribution in [0.1, 0.15) is 40.9 Å². The molecule has 0 aliphatic carbocycles. The normalized spacial score (nSPS) is 17.9. The molecule has 0 saturated carbocycles. The zero-order chi connectivity index (χ0) is 19.7. The van der Waals surface area contributed by atoms with Gasteiger partial charge in [0.25, 0.3) is 0 Å². The van der Waals surface area contributed by atoms with Crippen molar-refractivity contribution in [1.82, 2.24) is 4.90 Å². The van der Waals surface area contributed by atoms with Crippen LogP contribution in [0.5, 0.6) is 23.0 Å². The SMILES string of the molecule is CCOc1ccc(C(=O)C[C@@H]2c3c(cc4c(c3OC)OCO4)CCN2C)cc1. The van der Waals surface area contributed by atoms with Gasteiger partial charge in [-0.25, -0.2) is 0 Å². The summed E-state index contributed by atoms with van der Waals surface area (Å²) in [6.45, 7) is 3.61. The summed E-state index contributed by atoms with van der Waals surface area (Å²) in [5, 5.41) is 0. The maximum absolute atomic E-state index is 13.0. The molecule has 148 valence electrons. The third-order valence-corrected chi connectivity index (χ3v) is 5.41. The fourth-order valence-electron chi connectivity index (χ4n) is 3.98. The van der Waals surface area contributed by atoms with Crippen LogP contribution >= 0.6 is 0 Å². The highest BCUT2D eigenvalue weighted by molar-refractivity contribution is 5.96. The fourth-order valence-corrected chi connectivity index (χ4v) is 3.98. The first-order valence-electron chi connectivity index (χ1n) is 9.58. The lowest BCUT2D eigenvalue weighted by molar-refractivity contribution is 0.0925. The molecule has 1 atom stereocenters. The van der Waals surface area contributed by atoms with E-state index >= 15 is 0 Å². The molecule has 0 N–H and O–H groups in total. The number of fused-ring (bicyclic) bond motifs is 2. The molecule has 2 aromatic carbocycles. The second-order valence-electron chi connectivity index (χ2n) is 7.05. The van der Waals surface area contributed by atoms with E-state index in [9.17, 15) is 4.79 Å². The Kier molecular flexibility index (Phi) is 5.13. The van der Waals surface area contributed by atoms with Crippen molar-refractivity contribution in [3.05, 3.63) is 47.0 Å². The van der Waals surface area contributed by atoms with Crippen molar-refractivity contribution >= 4 is 5.78 Å². The molecule has 0 amide bonds. The standard InChI is InChI=1S/C22H25NO5/c1-4-26-16-7-5-14(6-8-16)18(24)12-17-20-15(9-10-23(17)2)11-19-21(22(20)25-3)28-13-27-19/h5-8,11,17H,4,9-10,12-13H2,1-3H3/t17-/m1/s1. The van der Waals surface area contributed by atoms with E-state index in [-0.39, 0.29) is 18.6 Å². The van der Waals surface area contributed by atoms with Gasteiger partial charge in [-0.15, -0.1) is 0 Å². The van der Waals surface area contributed by atoms with Crippen molar-refractivity contribution in [3.8, 4) is 23.0 Å². The Hall–Kier alpha value is -2.73. The lowest BCUT2D eigenvalue weighted by atomic mass is 9.87. The monoisotopic (exact) mass is 383 g/mol. The van der Waals surface area contributed by atoms with E-state index in [0.29, 0.717) is 30.1 Å². The summed E-state index contributed by atoms with van der Waals surface area (Å²) >= 11 is 0. The zero-order valence-electron chi connectivity index (χ0n) is 16.5. The number of carbonyl (C=O) groups excluding carboxylic acids is 1.